The fourth-order valence-electron chi connectivity index (χ4n) is 1.99. The molecule has 2 nitrogen and oxygen atoms in total. The molecular formula is C15H11Cl2NO. The van der Waals surface area contributed by atoms with Gasteiger partial charge in [-0.25, -0.2) is 0 Å². The zero-order chi connectivity index (χ0) is 13.2. The van der Waals surface area contributed by atoms with Crippen LogP contribution in [0.25, 0.3) is 11.0 Å². The zero-order valence-corrected chi connectivity index (χ0v) is 11.5. The van der Waals surface area contributed by atoms with Crippen LogP contribution in [0.15, 0.2) is 53.1 Å². The van der Waals surface area contributed by atoms with Crippen molar-refractivity contribution in [2.75, 3.05) is 5.32 Å². The molecule has 19 heavy (non-hydrogen) atoms. The van der Waals surface area contributed by atoms with E-state index in [1.165, 1.54) is 0 Å². The summed E-state index contributed by atoms with van der Waals surface area (Å²) in [7, 11) is 0. The average molecular weight is 292 g/mol. The Bertz CT molecular complexity index is 721. The number of halogens is 2. The summed E-state index contributed by atoms with van der Waals surface area (Å²) in [6.07, 6.45) is 1.77. The Morgan fingerprint density at radius 3 is 2.74 bits per heavy atom. The fraction of sp³-hybridized carbons (Fsp3) is 0.0667. The normalized spacial score (nSPS) is 10.8. The smallest absolute Gasteiger partial charge is 0.134 e. The van der Waals surface area contributed by atoms with Crippen molar-refractivity contribution in [3.8, 4) is 0 Å². The van der Waals surface area contributed by atoms with Crippen molar-refractivity contribution < 1.29 is 4.42 Å². The Kier molecular flexibility index (Phi) is 3.36. The second-order valence-corrected chi connectivity index (χ2v) is 5.08. The summed E-state index contributed by atoms with van der Waals surface area (Å²) < 4.78 is 5.49. The molecule has 3 aromatic rings. The largest absolute Gasteiger partial charge is 0.464 e. The SMILES string of the molecule is Clc1ccc(NCc2coc3ccccc23)c(Cl)c1. The Balaban J connectivity index is 1.82. The van der Waals surface area contributed by atoms with E-state index in [1.807, 2.05) is 36.4 Å². The first-order valence-corrected chi connectivity index (χ1v) is 6.63. The van der Waals surface area contributed by atoms with E-state index in [-0.39, 0.29) is 0 Å². The van der Waals surface area contributed by atoms with Crippen LogP contribution in [-0.4, -0.2) is 0 Å². The third-order valence-corrected chi connectivity index (χ3v) is 3.51. The van der Waals surface area contributed by atoms with Crippen LogP contribution in [0.3, 0.4) is 0 Å². The minimum Gasteiger partial charge on any atom is -0.464 e. The minimum atomic E-state index is 0.611. The molecule has 0 saturated carbocycles. The predicted molar refractivity (Wildman–Crippen MR) is 80.0 cm³/mol. The van der Waals surface area contributed by atoms with Gasteiger partial charge in [-0.2, -0.15) is 0 Å². The van der Waals surface area contributed by atoms with Crippen molar-refractivity contribution in [1.29, 1.82) is 0 Å². The molecule has 0 aliphatic heterocycles. The molecule has 1 aromatic heterocycles. The van der Waals surface area contributed by atoms with Crippen LogP contribution in [0.4, 0.5) is 5.69 Å². The summed E-state index contributed by atoms with van der Waals surface area (Å²) >= 11 is 12.0. The highest BCUT2D eigenvalue weighted by molar-refractivity contribution is 6.36. The lowest BCUT2D eigenvalue weighted by Gasteiger charge is -2.07. The van der Waals surface area contributed by atoms with Crippen molar-refractivity contribution in [2.45, 2.75) is 6.54 Å². The van der Waals surface area contributed by atoms with E-state index in [4.69, 9.17) is 27.6 Å². The number of nitrogens with one attached hydrogen (secondary N) is 1. The molecule has 4 heteroatoms. The van der Waals surface area contributed by atoms with Crippen LogP contribution >= 0.6 is 23.2 Å². The van der Waals surface area contributed by atoms with Crippen LogP contribution in [0.2, 0.25) is 10.0 Å². The average Bonchev–Trinajstić information content (AvgIpc) is 2.81. The minimum absolute atomic E-state index is 0.611. The van der Waals surface area contributed by atoms with Crippen LogP contribution in [0.5, 0.6) is 0 Å². The molecule has 0 bridgehead atoms. The molecule has 0 aliphatic rings. The van der Waals surface area contributed by atoms with Crippen LogP contribution in [0.1, 0.15) is 5.56 Å². The molecule has 0 aliphatic carbocycles. The number of rotatable bonds is 3. The topological polar surface area (TPSA) is 25.2 Å². The van der Waals surface area contributed by atoms with E-state index in [2.05, 4.69) is 5.32 Å². The fourth-order valence-corrected chi connectivity index (χ4v) is 2.47. The van der Waals surface area contributed by atoms with E-state index < -0.39 is 0 Å². The number of para-hydroxylation sites is 1. The van der Waals surface area contributed by atoms with Crippen molar-refractivity contribution >= 4 is 39.9 Å². The van der Waals surface area contributed by atoms with Gasteiger partial charge in [0.15, 0.2) is 0 Å². The highest BCUT2D eigenvalue weighted by Crippen LogP contribution is 2.27. The Hall–Kier alpha value is -1.64. The number of anilines is 1. The second-order valence-electron chi connectivity index (χ2n) is 4.23. The number of hydrogen-bond acceptors (Lipinski definition) is 2. The number of benzene rings is 2. The van der Waals surface area contributed by atoms with Gasteiger partial charge in [-0.15, -0.1) is 0 Å². The first kappa shape index (κ1) is 12.4. The molecule has 0 radical (unpaired) electrons. The van der Waals surface area contributed by atoms with Gasteiger partial charge in [-0.05, 0) is 24.3 Å². The highest BCUT2D eigenvalue weighted by Gasteiger charge is 2.06. The summed E-state index contributed by atoms with van der Waals surface area (Å²) in [4.78, 5) is 0. The first-order chi connectivity index (χ1) is 9.24. The predicted octanol–water partition coefficient (Wildman–Crippen LogP) is 5.35. The van der Waals surface area contributed by atoms with Crippen molar-refractivity contribution in [1.82, 2.24) is 0 Å². The monoisotopic (exact) mass is 291 g/mol. The van der Waals surface area contributed by atoms with Crippen LogP contribution < -0.4 is 5.32 Å². The zero-order valence-electron chi connectivity index (χ0n) is 9.99. The lowest BCUT2D eigenvalue weighted by atomic mass is 10.2. The van der Waals surface area contributed by atoms with E-state index in [0.29, 0.717) is 16.6 Å². The number of furan rings is 1. The molecule has 0 amide bonds. The molecule has 2 aromatic carbocycles. The molecule has 3 rings (SSSR count). The lowest BCUT2D eigenvalue weighted by molar-refractivity contribution is 0.611. The number of fused-ring (bicyclic) bond motifs is 1. The van der Waals surface area contributed by atoms with Gasteiger partial charge in [-0.1, -0.05) is 41.4 Å². The second kappa shape index (κ2) is 5.16. The van der Waals surface area contributed by atoms with Crippen molar-refractivity contribution in [3.63, 3.8) is 0 Å². The summed E-state index contributed by atoms with van der Waals surface area (Å²) in [5.74, 6) is 0. The van der Waals surface area contributed by atoms with E-state index in [0.717, 1.165) is 22.2 Å². The Morgan fingerprint density at radius 2 is 1.89 bits per heavy atom. The van der Waals surface area contributed by atoms with E-state index in [9.17, 15) is 0 Å². The third kappa shape index (κ3) is 2.55. The third-order valence-electron chi connectivity index (χ3n) is 2.96. The molecule has 0 fully saturated rings. The molecule has 0 atom stereocenters. The molecule has 0 saturated heterocycles. The number of hydrogen-bond donors (Lipinski definition) is 1. The lowest BCUT2D eigenvalue weighted by Crippen LogP contribution is -1.99. The summed E-state index contributed by atoms with van der Waals surface area (Å²) in [5.41, 5.74) is 2.85. The van der Waals surface area contributed by atoms with Gasteiger partial charge < -0.3 is 9.73 Å². The summed E-state index contributed by atoms with van der Waals surface area (Å²) in [6.45, 7) is 0.651. The molecular weight excluding hydrogens is 281 g/mol. The van der Waals surface area contributed by atoms with Crippen LogP contribution in [0, 0.1) is 0 Å². The summed E-state index contributed by atoms with van der Waals surface area (Å²) in [5, 5.41) is 5.64. The Morgan fingerprint density at radius 1 is 1.05 bits per heavy atom. The van der Waals surface area contributed by atoms with E-state index in [1.54, 1.807) is 12.3 Å². The molecule has 96 valence electrons. The van der Waals surface area contributed by atoms with Gasteiger partial charge in [-0.3, -0.25) is 0 Å². The van der Waals surface area contributed by atoms with Gasteiger partial charge in [0, 0.05) is 22.5 Å². The maximum Gasteiger partial charge on any atom is 0.134 e. The van der Waals surface area contributed by atoms with E-state index >= 15 is 0 Å². The van der Waals surface area contributed by atoms with Crippen molar-refractivity contribution in [3.05, 3.63) is 64.3 Å². The van der Waals surface area contributed by atoms with Gasteiger partial charge in [0.25, 0.3) is 0 Å². The van der Waals surface area contributed by atoms with Gasteiger partial charge in [0.2, 0.25) is 0 Å². The van der Waals surface area contributed by atoms with Crippen LogP contribution in [-0.2, 0) is 6.54 Å². The van der Waals surface area contributed by atoms with Gasteiger partial charge in [0.05, 0.1) is 17.0 Å². The van der Waals surface area contributed by atoms with Gasteiger partial charge >= 0.3 is 0 Å². The molecule has 0 unspecified atom stereocenters. The maximum absolute atomic E-state index is 6.12. The maximum atomic E-state index is 6.12. The van der Waals surface area contributed by atoms with Gasteiger partial charge in [0.1, 0.15) is 5.58 Å². The molecule has 0 spiro atoms. The quantitative estimate of drug-likeness (QED) is 0.703. The highest BCUT2D eigenvalue weighted by atomic mass is 35.5. The first-order valence-electron chi connectivity index (χ1n) is 5.88. The standard InChI is InChI=1S/C15H11Cl2NO/c16-11-5-6-14(13(17)7-11)18-8-10-9-19-15-4-2-1-3-12(10)15/h1-7,9,18H,8H2. The van der Waals surface area contributed by atoms with Crippen molar-refractivity contribution in [2.24, 2.45) is 0 Å². The molecule has 1 N–H and O–H groups in total. The Labute approximate surface area is 120 Å². The summed E-state index contributed by atoms with van der Waals surface area (Å²) in [6, 6.07) is 13.3. The molecule has 1 heterocycles.